The van der Waals surface area contributed by atoms with E-state index in [1.165, 1.54) is 11.8 Å². The molecule has 2 aromatic carbocycles. The lowest BCUT2D eigenvalue weighted by Gasteiger charge is -2.06. The van der Waals surface area contributed by atoms with Crippen LogP contribution in [0, 0.1) is 0 Å². The highest BCUT2D eigenvalue weighted by molar-refractivity contribution is 7.99. The number of benzene rings is 2. The topological polar surface area (TPSA) is 72.2 Å². The highest BCUT2D eigenvalue weighted by atomic mass is 35.5. The van der Waals surface area contributed by atoms with Crippen molar-refractivity contribution in [3.05, 3.63) is 70.7 Å². The third kappa shape index (κ3) is 4.11. The molecule has 0 aliphatic heterocycles. The molecule has 0 bridgehead atoms. The van der Waals surface area contributed by atoms with Crippen molar-refractivity contribution in [1.82, 2.24) is 19.8 Å². The van der Waals surface area contributed by atoms with Gasteiger partial charge in [-0.1, -0.05) is 65.3 Å². The largest absolute Gasteiger partial charge is 0.325 e. The minimum atomic E-state index is -0.195. The molecular weight excluding hydrogens is 417 g/mol. The van der Waals surface area contributed by atoms with Crippen molar-refractivity contribution in [2.24, 2.45) is 0 Å². The van der Waals surface area contributed by atoms with Gasteiger partial charge in [-0.25, -0.2) is 0 Å². The molecule has 6 nitrogen and oxygen atoms in total. The number of thioether (sulfide) groups is 1. The Hall–Kier alpha value is -2.61. The van der Waals surface area contributed by atoms with Crippen molar-refractivity contribution in [2.75, 3.05) is 11.1 Å². The van der Waals surface area contributed by atoms with E-state index in [2.05, 4.69) is 20.6 Å². The summed E-state index contributed by atoms with van der Waals surface area (Å²) in [6.45, 7) is 0. The first kappa shape index (κ1) is 18.7. The lowest BCUT2D eigenvalue weighted by atomic mass is 10.1. The van der Waals surface area contributed by atoms with E-state index in [9.17, 15) is 4.79 Å². The number of nitrogens with one attached hydrogen (secondary N) is 1. The Labute approximate surface area is 174 Å². The number of carbonyl (C=O) groups excluding carboxylic acids is 1. The van der Waals surface area contributed by atoms with Crippen LogP contribution < -0.4 is 5.32 Å². The van der Waals surface area contributed by atoms with Gasteiger partial charge in [0, 0.05) is 11.3 Å². The first-order valence-corrected chi connectivity index (χ1v) is 10.00. The molecule has 1 amide bonds. The summed E-state index contributed by atoms with van der Waals surface area (Å²) >= 11 is 13.1. The zero-order valence-electron chi connectivity index (χ0n) is 14.3. The van der Waals surface area contributed by atoms with E-state index in [0.29, 0.717) is 26.5 Å². The summed E-state index contributed by atoms with van der Waals surface area (Å²) in [6, 6.07) is 18.5. The van der Waals surface area contributed by atoms with Gasteiger partial charge in [0.1, 0.15) is 0 Å². The molecule has 1 N–H and O–H groups in total. The Morgan fingerprint density at radius 3 is 2.61 bits per heavy atom. The highest BCUT2D eigenvalue weighted by Gasteiger charge is 2.12. The number of hydrogen-bond acceptors (Lipinski definition) is 5. The van der Waals surface area contributed by atoms with Gasteiger partial charge in [0.15, 0.2) is 5.65 Å². The summed E-state index contributed by atoms with van der Waals surface area (Å²) < 4.78 is 1.64. The van der Waals surface area contributed by atoms with Crippen molar-refractivity contribution in [3.8, 4) is 11.3 Å². The molecule has 28 heavy (non-hydrogen) atoms. The lowest BCUT2D eigenvalue weighted by Crippen LogP contribution is -2.14. The fourth-order valence-corrected chi connectivity index (χ4v) is 3.51. The molecule has 4 rings (SSSR count). The summed E-state index contributed by atoms with van der Waals surface area (Å²) in [7, 11) is 0. The molecule has 0 spiro atoms. The van der Waals surface area contributed by atoms with E-state index in [-0.39, 0.29) is 11.7 Å². The molecule has 0 radical (unpaired) electrons. The average molecular weight is 430 g/mol. The van der Waals surface area contributed by atoms with Gasteiger partial charge in [-0.15, -0.1) is 10.2 Å². The summed E-state index contributed by atoms with van der Waals surface area (Å²) in [5, 5.41) is 17.0. The van der Waals surface area contributed by atoms with Crippen LogP contribution >= 0.6 is 35.0 Å². The summed E-state index contributed by atoms with van der Waals surface area (Å²) in [4.78, 5) is 12.2. The number of amides is 1. The predicted octanol–water partition coefficient (Wildman–Crippen LogP) is 4.83. The molecule has 0 aliphatic carbocycles. The molecule has 0 aliphatic rings. The van der Waals surface area contributed by atoms with Crippen molar-refractivity contribution in [3.63, 3.8) is 0 Å². The molecule has 2 heterocycles. The number of nitrogens with zero attached hydrogens (tertiary/aromatic N) is 4. The maximum Gasteiger partial charge on any atom is 0.234 e. The maximum absolute atomic E-state index is 12.2. The van der Waals surface area contributed by atoms with Crippen LogP contribution in [0.5, 0.6) is 0 Å². The average Bonchev–Trinajstić information content (AvgIpc) is 3.12. The second-order valence-electron chi connectivity index (χ2n) is 5.80. The van der Waals surface area contributed by atoms with Gasteiger partial charge in [-0.2, -0.15) is 9.61 Å². The molecule has 0 unspecified atom stereocenters. The second kappa shape index (κ2) is 8.18. The van der Waals surface area contributed by atoms with Gasteiger partial charge in [0.2, 0.25) is 11.1 Å². The maximum atomic E-state index is 12.2. The Bertz CT molecular complexity index is 1150. The highest BCUT2D eigenvalue weighted by Crippen LogP contribution is 2.25. The molecular formula is C19H13Cl2N5OS. The van der Waals surface area contributed by atoms with Gasteiger partial charge in [0.25, 0.3) is 0 Å². The second-order valence-corrected chi connectivity index (χ2v) is 7.56. The van der Waals surface area contributed by atoms with Crippen molar-refractivity contribution < 1.29 is 4.79 Å². The standard InChI is InChI=1S/C19H13Cl2N5OS/c20-14-7-6-13(10-15(14)21)22-18(27)11-28-19-24-23-17-9-8-16(25-26(17)19)12-4-2-1-3-5-12/h1-10H,11H2,(H,22,27). The van der Waals surface area contributed by atoms with Crippen molar-refractivity contribution in [2.45, 2.75) is 5.16 Å². The smallest absolute Gasteiger partial charge is 0.234 e. The molecule has 9 heteroatoms. The minimum absolute atomic E-state index is 0.151. The Morgan fingerprint density at radius 1 is 1.00 bits per heavy atom. The van der Waals surface area contributed by atoms with E-state index < -0.39 is 0 Å². The summed E-state index contributed by atoms with van der Waals surface area (Å²) in [5.41, 5.74) is 2.99. The molecule has 140 valence electrons. The van der Waals surface area contributed by atoms with Crippen LogP contribution in [0.15, 0.2) is 65.8 Å². The zero-order chi connectivity index (χ0) is 19.5. The van der Waals surface area contributed by atoms with Crippen LogP contribution in [-0.4, -0.2) is 31.5 Å². The summed E-state index contributed by atoms with van der Waals surface area (Å²) in [6.07, 6.45) is 0. The first-order chi connectivity index (χ1) is 13.6. The number of halogens is 2. The van der Waals surface area contributed by atoms with E-state index >= 15 is 0 Å². The van der Waals surface area contributed by atoms with Gasteiger partial charge in [-0.05, 0) is 30.3 Å². The number of fused-ring (bicyclic) bond motifs is 1. The third-order valence-corrected chi connectivity index (χ3v) is 5.50. The normalized spacial score (nSPS) is 10.9. The minimum Gasteiger partial charge on any atom is -0.325 e. The predicted molar refractivity (Wildman–Crippen MR) is 112 cm³/mol. The molecule has 2 aromatic heterocycles. The van der Waals surface area contributed by atoms with Crippen molar-refractivity contribution in [1.29, 1.82) is 0 Å². The van der Waals surface area contributed by atoms with Crippen LogP contribution in [0.3, 0.4) is 0 Å². The SMILES string of the molecule is O=C(CSc1nnc2ccc(-c3ccccc3)nn12)Nc1ccc(Cl)c(Cl)c1. The van der Waals surface area contributed by atoms with E-state index in [0.717, 1.165) is 11.3 Å². The monoisotopic (exact) mass is 429 g/mol. The number of rotatable bonds is 5. The van der Waals surface area contributed by atoms with Gasteiger partial charge in [0.05, 0.1) is 21.5 Å². The Kier molecular flexibility index (Phi) is 5.47. The summed E-state index contributed by atoms with van der Waals surface area (Å²) in [5.74, 6) is -0.0440. The Morgan fingerprint density at radius 2 is 1.82 bits per heavy atom. The fraction of sp³-hybridized carbons (Fsp3) is 0.0526. The quantitative estimate of drug-likeness (QED) is 0.460. The van der Waals surface area contributed by atoms with E-state index in [1.807, 2.05) is 42.5 Å². The van der Waals surface area contributed by atoms with E-state index in [4.69, 9.17) is 23.2 Å². The van der Waals surface area contributed by atoms with Crippen LogP contribution in [0.1, 0.15) is 0 Å². The van der Waals surface area contributed by atoms with E-state index in [1.54, 1.807) is 22.7 Å². The number of hydrogen-bond donors (Lipinski definition) is 1. The van der Waals surface area contributed by atoms with Crippen LogP contribution in [0.4, 0.5) is 5.69 Å². The lowest BCUT2D eigenvalue weighted by molar-refractivity contribution is -0.113. The third-order valence-electron chi connectivity index (χ3n) is 3.84. The van der Waals surface area contributed by atoms with Gasteiger partial charge >= 0.3 is 0 Å². The zero-order valence-corrected chi connectivity index (χ0v) is 16.7. The molecule has 0 atom stereocenters. The molecule has 0 saturated carbocycles. The molecule has 0 saturated heterocycles. The van der Waals surface area contributed by atoms with Crippen LogP contribution in [-0.2, 0) is 4.79 Å². The van der Waals surface area contributed by atoms with Gasteiger partial charge < -0.3 is 5.32 Å². The Balaban J connectivity index is 1.48. The van der Waals surface area contributed by atoms with Gasteiger partial charge in [-0.3, -0.25) is 4.79 Å². The first-order valence-electron chi connectivity index (χ1n) is 8.26. The fourth-order valence-electron chi connectivity index (χ4n) is 2.52. The number of aromatic nitrogens is 4. The number of anilines is 1. The van der Waals surface area contributed by atoms with Crippen LogP contribution in [0.2, 0.25) is 10.0 Å². The number of carbonyl (C=O) groups is 1. The molecule has 4 aromatic rings. The van der Waals surface area contributed by atoms with Crippen molar-refractivity contribution >= 4 is 52.2 Å². The van der Waals surface area contributed by atoms with Crippen LogP contribution in [0.25, 0.3) is 16.9 Å². The molecule has 0 fully saturated rings.